The van der Waals surface area contributed by atoms with Gasteiger partial charge in [0.1, 0.15) is 4.92 Å². The van der Waals surface area contributed by atoms with Gasteiger partial charge in [0.15, 0.2) is 5.76 Å². The highest BCUT2D eigenvalue weighted by Gasteiger charge is 2.15. The van der Waals surface area contributed by atoms with Gasteiger partial charge in [-0.05, 0) is 37.3 Å². The molecule has 0 saturated heterocycles. The summed E-state index contributed by atoms with van der Waals surface area (Å²) in [6, 6.07) is 19.1. The number of nitrogens with zero attached hydrogens (tertiary/aromatic N) is 3. The first-order valence-electron chi connectivity index (χ1n) is 9.51. The molecule has 31 heavy (non-hydrogen) atoms. The van der Waals surface area contributed by atoms with Crippen molar-refractivity contribution < 1.29 is 18.9 Å². The number of fused-ring (bicyclic) bond motifs is 1. The predicted octanol–water partition coefficient (Wildman–Crippen LogP) is 5.33. The molecule has 0 aliphatic carbocycles. The first-order valence-corrected chi connectivity index (χ1v) is 9.51. The highest BCUT2D eigenvalue weighted by atomic mass is 16.6. The molecular formula is C23H17N3O5. The maximum absolute atomic E-state index is 12.5. The molecular weight excluding hydrogens is 398 g/mol. The third-order valence-electron chi connectivity index (χ3n) is 4.49. The Morgan fingerprint density at radius 3 is 2.77 bits per heavy atom. The van der Waals surface area contributed by atoms with Gasteiger partial charge in [0.05, 0.1) is 41.3 Å². The van der Waals surface area contributed by atoms with Crippen molar-refractivity contribution in [3.63, 3.8) is 0 Å². The van der Waals surface area contributed by atoms with E-state index in [1.54, 1.807) is 25.1 Å². The molecule has 0 aliphatic rings. The van der Waals surface area contributed by atoms with Crippen LogP contribution in [0.4, 0.5) is 11.6 Å². The minimum Gasteiger partial charge on any atom is -0.462 e. The van der Waals surface area contributed by atoms with Crippen molar-refractivity contribution in [1.82, 2.24) is 4.98 Å². The van der Waals surface area contributed by atoms with Crippen LogP contribution in [0.15, 0.2) is 76.1 Å². The first-order chi connectivity index (χ1) is 15.0. The van der Waals surface area contributed by atoms with Gasteiger partial charge in [-0.3, -0.25) is 15.1 Å². The smallest absolute Gasteiger partial charge is 0.433 e. The topological polar surface area (TPSA) is 108 Å². The van der Waals surface area contributed by atoms with Gasteiger partial charge in [0.25, 0.3) is 0 Å². The molecule has 2 aromatic carbocycles. The molecule has 4 rings (SSSR count). The lowest BCUT2D eigenvalue weighted by molar-refractivity contribution is -0.402. The van der Waals surface area contributed by atoms with Crippen molar-refractivity contribution in [2.75, 3.05) is 6.61 Å². The molecule has 0 unspecified atom stereocenters. The van der Waals surface area contributed by atoms with Gasteiger partial charge in [-0.25, -0.2) is 9.78 Å². The molecule has 0 amide bonds. The monoisotopic (exact) mass is 415 g/mol. The largest absolute Gasteiger partial charge is 0.462 e. The quantitative estimate of drug-likeness (QED) is 0.182. The number of hydrogen-bond acceptors (Lipinski definition) is 7. The molecule has 8 nitrogen and oxygen atoms in total. The lowest BCUT2D eigenvalue weighted by Crippen LogP contribution is -2.06. The van der Waals surface area contributed by atoms with Gasteiger partial charge in [0, 0.05) is 10.9 Å². The molecule has 4 aromatic rings. The molecule has 2 aromatic heterocycles. The first kappa shape index (κ1) is 20.0. The molecule has 0 bridgehead atoms. The SMILES string of the molecule is CCOC(=O)c1cc(-c2cccc(N=Cc3ccc([N+](=O)[O-])o3)c2)nc2ccccc12. The van der Waals surface area contributed by atoms with Crippen molar-refractivity contribution >= 4 is 34.7 Å². The number of esters is 1. The van der Waals surface area contributed by atoms with Crippen molar-refractivity contribution in [2.24, 2.45) is 4.99 Å². The lowest BCUT2D eigenvalue weighted by atomic mass is 10.0. The van der Waals surface area contributed by atoms with Gasteiger partial charge >= 0.3 is 11.9 Å². The average Bonchev–Trinajstić information content (AvgIpc) is 3.27. The van der Waals surface area contributed by atoms with Crippen LogP contribution in [-0.4, -0.2) is 28.7 Å². The number of ether oxygens (including phenoxy) is 1. The number of rotatable bonds is 6. The fourth-order valence-corrected chi connectivity index (χ4v) is 3.09. The van der Waals surface area contributed by atoms with E-state index in [1.165, 1.54) is 18.3 Å². The maximum Gasteiger partial charge on any atom is 0.433 e. The Kier molecular flexibility index (Phi) is 5.53. The molecule has 2 heterocycles. The highest BCUT2D eigenvalue weighted by molar-refractivity contribution is 6.04. The number of para-hydroxylation sites is 1. The van der Waals surface area contributed by atoms with Gasteiger partial charge < -0.3 is 9.15 Å². The number of hydrogen-bond donors (Lipinski definition) is 0. The molecule has 154 valence electrons. The van der Waals surface area contributed by atoms with Crippen LogP contribution in [-0.2, 0) is 4.74 Å². The number of nitro groups is 1. The number of aromatic nitrogens is 1. The number of furan rings is 1. The predicted molar refractivity (Wildman–Crippen MR) is 116 cm³/mol. The fraction of sp³-hybridized carbons (Fsp3) is 0.0870. The van der Waals surface area contributed by atoms with Gasteiger partial charge in [-0.1, -0.05) is 30.3 Å². The summed E-state index contributed by atoms with van der Waals surface area (Å²) < 4.78 is 10.3. The van der Waals surface area contributed by atoms with Crippen molar-refractivity contribution in [1.29, 1.82) is 0 Å². The second-order valence-electron chi connectivity index (χ2n) is 6.53. The van der Waals surface area contributed by atoms with Gasteiger partial charge in [-0.2, -0.15) is 0 Å². The van der Waals surface area contributed by atoms with E-state index >= 15 is 0 Å². The molecule has 0 radical (unpaired) electrons. The summed E-state index contributed by atoms with van der Waals surface area (Å²) >= 11 is 0. The van der Waals surface area contributed by atoms with Gasteiger partial charge in [-0.15, -0.1) is 0 Å². The van der Waals surface area contributed by atoms with Crippen LogP contribution >= 0.6 is 0 Å². The second-order valence-corrected chi connectivity index (χ2v) is 6.53. The molecule has 0 atom stereocenters. The van der Waals surface area contributed by atoms with Crippen LogP contribution in [0.3, 0.4) is 0 Å². The van der Waals surface area contributed by atoms with E-state index in [2.05, 4.69) is 9.98 Å². The minimum absolute atomic E-state index is 0.269. The zero-order valence-electron chi connectivity index (χ0n) is 16.5. The van der Waals surface area contributed by atoms with E-state index in [9.17, 15) is 14.9 Å². The summed E-state index contributed by atoms with van der Waals surface area (Å²) in [7, 11) is 0. The van der Waals surface area contributed by atoms with E-state index in [4.69, 9.17) is 9.15 Å². The Balaban J connectivity index is 1.70. The van der Waals surface area contributed by atoms with Crippen molar-refractivity contribution in [3.8, 4) is 11.3 Å². The Labute approximate surface area is 177 Å². The number of aliphatic imine (C=N–C) groups is 1. The lowest BCUT2D eigenvalue weighted by Gasteiger charge is -2.09. The van der Waals surface area contributed by atoms with Crippen LogP contribution in [0, 0.1) is 10.1 Å². The van der Waals surface area contributed by atoms with Crippen LogP contribution in [0.1, 0.15) is 23.0 Å². The Hall–Kier alpha value is -4.33. The Morgan fingerprint density at radius 2 is 2.00 bits per heavy atom. The highest BCUT2D eigenvalue weighted by Crippen LogP contribution is 2.28. The van der Waals surface area contributed by atoms with E-state index in [0.29, 0.717) is 22.5 Å². The molecule has 0 fully saturated rings. The molecule has 0 spiro atoms. The third-order valence-corrected chi connectivity index (χ3v) is 4.49. The van der Waals surface area contributed by atoms with Crippen molar-refractivity contribution in [2.45, 2.75) is 6.92 Å². The molecule has 0 N–H and O–H groups in total. The van der Waals surface area contributed by atoms with Crippen LogP contribution in [0.5, 0.6) is 0 Å². The molecule has 8 heteroatoms. The average molecular weight is 415 g/mol. The summed E-state index contributed by atoms with van der Waals surface area (Å²) in [4.78, 5) is 31.6. The zero-order valence-corrected chi connectivity index (χ0v) is 16.5. The number of carbonyl (C=O) groups is 1. The normalized spacial score (nSPS) is 11.1. The van der Waals surface area contributed by atoms with E-state index in [-0.39, 0.29) is 18.3 Å². The van der Waals surface area contributed by atoms with Crippen molar-refractivity contribution in [3.05, 3.63) is 88.2 Å². The summed E-state index contributed by atoms with van der Waals surface area (Å²) in [6.07, 6.45) is 1.41. The van der Waals surface area contributed by atoms with Crippen LogP contribution in [0.25, 0.3) is 22.2 Å². The van der Waals surface area contributed by atoms with E-state index in [1.807, 2.05) is 36.4 Å². The second kappa shape index (κ2) is 8.58. The molecule has 0 saturated carbocycles. The maximum atomic E-state index is 12.5. The Morgan fingerprint density at radius 1 is 1.16 bits per heavy atom. The Bertz CT molecular complexity index is 1310. The summed E-state index contributed by atoms with van der Waals surface area (Å²) in [5, 5.41) is 11.4. The van der Waals surface area contributed by atoms with E-state index in [0.717, 1.165) is 10.9 Å². The summed E-state index contributed by atoms with van der Waals surface area (Å²) in [6.45, 7) is 2.04. The number of benzene rings is 2. The number of carbonyl (C=O) groups excluding carboxylic acids is 1. The zero-order chi connectivity index (χ0) is 21.8. The van der Waals surface area contributed by atoms with Crippen LogP contribution in [0.2, 0.25) is 0 Å². The standard InChI is InChI=1S/C23H17N3O5/c1-2-30-23(27)19-13-21(25-20-9-4-3-8-18(19)20)15-6-5-7-16(12-15)24-14-17-10-11-22(31-17)26(28)29/h3-14H,2H2,1H3. The van der Waals surface area contributed by atoms with Gasteiger partial charge in [0.2, 0.25) is 0 Å². The summed E-state index contributed by atoms with van der Waals surface area (Å²) in [5.41, 5.74) is 3.09. The van der Waals surface area contributed by atoms with E-state index < -0.39 is 10.9 Å². The molecule has 0 aliphatic heterocycles. The minimum atomic E-state index is -0.607. The number of pyridine rings is 1. The summed E-state index contributed by atoms with van der Waals surface area (Å²) in [5.74, 6) is -0.483. The third kappa shape index (κ3) is 4.32. The van der Waals surface area contributed by atoms with Crippen LogP contribution < -0.4 is 0 Å². The fourth-order valence-electron chi connectivity index (χ4n) is 3.09.